The first-order chi connectivity index (χ1) is 10.3. The maximum Gasteiger partial charge on any atom is 0.319 e. The Labute approximate surface area is 122 Å². The van der Waals surface area contributed by atoms with E-state index < -0.39 is 0 Å². The van der Waals surface area contributed by atoms with Crippen molar-refractivity contribution in [1.29, 1.82) is 0 Å². The second kappa shape index (κ2) is 6.25. The van der Waals surface area contributed by atoms with E-state index >= 15 is 0 Å². The lowest BCUT2D eigenvalue weighted by Gasteiger charge is -2.33. The van der Waals surface area contributed by atoms with Gasteiger partial charge in [0, 0.05) is 31.5 Å². The second-order valence-corrected chi connectivity index (χ2v) is 5.03. The van der Waals surface area contributed by atoms with Gasteiger partial charge >= 0.3 is 6.03 Å². The number of urea groups is 1. The van der Waals surface area contributed by atoms with Gasteiger partial charge in [-0.15, -0.1) is 0 Å². The summed E-state index contributed by atoms with van der Waals surface area (Å²) >= 11 is 0. The van der Waals surface area contributed by atoms with Crippen molar-refractivity contribution in [3.63, 3.8) is 0 Å². The second-order valence-electron chi connectivity index (χ2n) is 5.03. The SMILES string of the molecule is O=C(Nc1cn[nH]c1)NC1CCN(c2ccccn2)CC1. The van der Waals surface area contributed by atoms with Crippen molar-refractivity contribution >= 4 is 17.5 Å². The Morgan fingerprint density at radius 1 is 1.33 bits per heavy atom. The zero-order valence-corrected chi connectivity index (χ0v) is 11.6. The lowest BCUT2D eigenvalue weighted by atomic mass is 10.1. The molecule has 0 aliphatic carbocycles. The van der Waals surface area contributed by atoms with Crippen molar-refractivity contribution in [2.24, 2.45) is 0 Å². The van der Waals surface area contributed by atoms with E-state index in [9.17, 15) is 4.79 Å². The lowest BCUT2D eigenvalue weighted by molar-refractivity contribution is 0.246. The molecule has 0 unspecified atom stereocenters. The van der Waals surface area contributed by atoms with Crippen LogP contribution in [-0.2, 0) is 0 Å². The Bertz CT molecular complexity index is 562. The molecule has 21 heavy (non-hydrogen) atoms. The number of carbonyl (C=O) groups excluding carboxylic acids is 1. The molecule has 2 aromatic heterocycles. The number of aromatic nitrogens is 3. The Morgan fingerprint density at radius 3 is 2.86 bits per heavy atom. The van der Waals surface area contributed by atoms with Gasteiger partial charge in [0.25, 0.3) is 0 Å². The molecular formula is C14H18N6O. The summed E-state index contributed by atoms with van der Waals surface area (Å²) < 4.78 is 0. The minimum absolute atomic E-state index is 0.187. The third-order valence-corrected chi connectivity index (χ3v) is 3.56. The first-order valence-corrected chi connectivity index (χ1v) is 7.03. The summed E-state index contributed by atoms with van der Waals surface area (Å²) in [6.07, 6.45) is 6.84. The van der Waals surface area contributed by atoms with Crippen LogP contribution in [0.3, 0.4) is 0 Å². The predicted octanol–water partition coefficient (Wildman–Crippen LogP) is 1.60. The summed E-state index contributed by atoms with van der Waals surface area (Å²) in [7, 11) is 0. The molecule has 1 fully saturated rings. The number of pyridine rings is 1. The van der Waals surface area contributed by atoms with Crippen LogP contribution in [0.25, 0.3) is 0 Å². The molecule has 1 aliphatic heterocycles. The number of nitrogens with one attached hydrogen (secondary N) is 3. The van der Waals surface area contributed by atoms with Crippen LogP contribution in [0, 0.1) is 0 Å². The van der Waals surface area contributed by atoms with Crippen LogP contribution in [-0.4, -0.2) is 40.3 Å². The molecule has 2 aromatic rings. The molecule has 3 rings (SSSR count). The molecule has 0 bridgehead atoms. The van der Waals surface area contributed by atoms with Crippen molar-refractivity contribution in [1.82, 2.24) is 20.5 Å². The van der Waals surface area contributed by atoms with Crippen molar-refractivity contribution < 1.29 is 4.79 Å². The third-order valence-electron chi connectivity index (χ3n) is 3.56. The highest BCUT2D eigenvalue weighted by molar-refractivity contribution is 5.89. The average Bonchev–Trinajstić information content (AvgIpc) is 3.02. The highest BCUT2D eigenvalue weighted by Gasteiger charge is 2.21. The Kier molecular flexibility index (Phi) is 3.99. The van der Waals surface area contributed by atoms with Gasteiger partial charge in [-0.25, -0.2) is 9.78 Å². The van der Waals surface area contributed by atoms with Crippen molar-refractivity contribution in [2.75, 3.05) is 23.3 Å². The van der Waals surface area contributed by atoms with Gasteiger partial charge in [0.2, 0.25) is 0 Å². The van der Waals surface area contributed by atoms with Gasteiger partial charge < -0.3 is 15.5 Å². The van der Waals surface area contributed by atoms with Gasteiger partial charge in [-0.1, -0.05) is 6.07 Å². The molecule has 2 amide bonds. The topological polar surface area (TPSA) is 85.9 Å². The Morgan fingerprint density at radius 2 is 2.19 bits per heavy atom. The molecule has 0 atom stereocenters. The van der Waals surface area contributed by atoms with Gasteiger partial charge in [0.1, 0.15) is 5.82 Å². The average molecular weight is 286 g/mol. The van der Waals surface area contributed by atoms with Gasteiger partial charge in [-0.3, -0.25) is 5.10 Å². The van der Waals surface area contributed by atoms with Gasteiger partial charge in [-0.05, 0) is 25.0 Å². The molecule has 1 saturated heterocycles. The summed E-state index contributed by atoms with van der Waals surface area (Å²) in [6, 6.07) is 5.92. The van der Waals surface area contributed by atoms with Crippen LogP contribution >= 0.6 is 0 Å². The minimum atomic E-state index is -0.187. The van der Waals surface area contributed by atoms with Crippen LogP contribution in [0.4, 0.5) is 16.3 Å². The molecule has 110 valence electrons. The lowest BCUT2D eigenvalue weighted by Crippen LogP contribution is -2.46. The van der Waals surface area contributed by atoms with E-state index in [0.717, 1.165) is 31.7 Å². The van der Waals surface area contributed by atoms with Gasteiger partial charge in [0.15, 0.2) is 0 Å². The number of nitrogens with zero attached hydrogens (tertiary/aromatic N) is 3. The highest BCUT2D eigenvalue weighted by atomic mass is 16.2. The van der Waals surface area contributed by atoms with E-state index in [4.69, 9.17) is 0 Å². The smallest absolute Gasteiger partial charge is 0.319 e. The third kappa shape index (κ3) is 3.50. The number of hydrogen-bond donors (Lipinski definition) is 3. The zero-order chi connectivity index (χ0) is 14.5. The van der Waals surface area contributed by atoms with Gasteiger partial charge in [0.05, 0.1) is 11.9 Å². The fourth-order valence-electron chi connectivity index (χ4n) is 2.47. The number of carbonyl (C=O) groups is 1. The van der Waals surface area contributed by atoms with Crippen LogP contribution in [0.1, 0.15) is 12.8 Å². The maximum absolute atomic E-state index is 11.8. The largest absolute Gasteiger partial charge is 0.356 e. The minimum Gasteiger partial charge on any atom is -0.356 e. The number of anilines is 2. The fraction of sp³-hybridized carbons (Fsp3) is 0.357. The standard InChI is InChI=1S/C14H18N6O/c21-14(19-12-9-16-17-10-12)18-11-4-7-20(8-5-11)13-3-1-2-6-15-13/h1-3,6,9-11H,4-5,7-8H2,(H,16,17)(H2,18,19,21). The first kappa shape index (κ1) is 13.4. The molecule has 3 N–H and O–H groups in total. The molecule has 1 aliphatic rings. The Hall–Kier alpha value is -2.57. The normalized spacial score (nSPS) is 15.7. The molecule has 0 radical (unpaired) electrons. The van der Waals surface area contributed by atoms with Crippen molar-refractivity contribution in [2.45, 2.75) is 18.9 Å². The van der Waals surface area contributed by atoms with Crippen LogP contribution in [0.5, 0.6) is 0 Å². The number of rotatable bonds is 3. The van der Waals surface area contributed by atoms with Crippen LogP contribution < -0.4 is 15.5 Å². The molecule has 7 nitrogen and oxygen atoms in total. The fourth-order valence-corrected chi connectivity index (χ4v) is 2.47. The zero-order valence-electron chi connectivity index (χ0n) is 11.6. The van der Waals surface area contributed by atoms with Crippen LogP contribution in [0.15, 0.2) is 36.8 Å². The maximum atomic E-state index is 11.8. The summed E-state index contributed by atoms with van der Waals surface area (Å²) in [5, 5.41) is 12.2. The number of H-pyrrole nitrogens is 1. The quantitative estimate of drug-likeness (QED) is 0.800. The highest BCUT2D eigenvalue weighted by Crippen LogP contribution is 2.17. The van der Waals surface area contributed by atoms with E-state index in [2.05, 4.69) is 30.7 Å². The predicted molar refractivity (Wildman–Crippen MR) is 80.2 cm³/mol. The monoisotopic (exact) mass is 286 g/mol. The summed E-state index contributed by atoms with van der Waals surface area (Å²) in [6.45, 7) is 1.79. The molecule has 3 heterocycles. The van der Waals surface area contributed by atoms with E-state index in [1.807, 2.05) is 18.2 Å². The number of aromatic amines is 1. The first-order valence-electron chi connectivity index (χ1n) is 7.03. The number of piperidine rings is 1. The van der Waals surface area contributed by atoms with E-state index in [-0.39, 0.29) is 12.1 Å². The van der Waals surface area contributed by atoms with Crippen molar-refractivity contribution in [3.05, 3.63) is 36.8 Å². The summed E-state index contributed by atoms with van der Waals surface area (Å²) in [5.74, 6) is 0.999. The summed E-state index contributed by atoms with van der Waals surface area (Å²) in [5.41, 5.74) is 0.665. The molecule has 0 spiro atoms. The molecule has 7 heteroatoms. The number of hydrogen-bond acceptors (Lipinski definition) is 4. The van der Waals surface area contributed by atoms with E-state index in [1.54, 1.807) is 18.6 Å². The van der Waals surface area contributed by atoms with Gasteiger partial charge in [-0.2, -0.15) is 5.10 Å². The van der Waals surface area contributed by atoms with E-state index in [0.29, 0.717) is 5.69 Å². The summed E-state index contributed by atoms with van der Waals surface area (Å²) in [4.78, 5) is 18.4. The molecular weight excluding hydrogens is 268 g/mol. The van der Waals surface area contributed by atoms with Crippen LogP contribution in [0.2, 0.25) is 0 Å². The Balaban J connectivity index is 1.46. The molecule has 0 aromatic carbocycles. The van der Waals surface area contributed by atoms with E-state index in [1.165, 1.54) is 0 Å². The number of amides is 2. The molecule has 0 saturated carbocycles. The van der Waals surface area contributed by atoms with Crippen molar-refractivity contribution in [3.8, 4) is 0 Å².